The summed E-state index contributed by atoms with van der Waals surface area (Å²) in [5.74, 6) is 2.23. The summed E-state index contributed by atoms with van der Waals surface area (Å²) in [4.78, 5) is 12.9. The molecule has 0 fully saturated rings. The topological polar surface area (TPSA) is 39.4 Å². The van der Waals surface area contributed by atoms with Crippen molar-refractivity contribution in [2.45, 2.75) is 39.5 Å². The van der Waals surface area contributed by atoms with Crippen LogP contribution in [0.15, 0.2) is 83.0 Å². The van der Waals surface area contributed by atoms with Crippen LogP contribution in [-0.2, 0) is 17.6 Å². The van der Waals surface area contributed by atoms with E-state index in [0.717, 1.165) is 29.9 Å². The first kappa shape index (κ1) is 21.9. The van der Waals surface area contributed by atoms with Crippen LogP contribution in [0, 0.1) is 19.8 Å². The fourth-order valence-electron chi connectivity index (χ4n) is 4.45. The predicted molar refractivity (Wildman–Crippen MR) is 129 cm³/mol. The van der Waals surface area contributed by atoms with Crippen LogP contribution in [0.3, 0.4) is 0 Å². The van der Waals surface area contributed by atoms with Gasteiger partial charge >= 0.3 is 0 Å². The second-order valence-corrected chi connectivity index (χ2v) is 8.53. The van der Waals surface area contributed by atoms with E-state index < -0.39 is 0 Å². The zero-order valence-corrected chi connectivity index (χ0v) is 19.1. The lowest BCUT2D eigenvalue weighted by Crippen LogP contribution is -2.10. The van der Waals surface area contributed by atoms with Crippen molar-refractivity contribution in [2.75, 3.05) is 7.11 Å². The first-order valence-corrected chi connectivity index (χ1v) is 11.2. The number of benzene rings is 2. The molecule has 0 bridgehead atoms. The Morgan fingerprint density at radius 3 is 2.50 bits per heavy atom. The monoisotopic (exact) mass is 426 g/mol. The average Bonchev–Trinajstić information content (AvgIpc) is 3.46. The molecule has 0 radical (unpaired) electrons. The minimum Gasteiger partial charge on any atom is -0.496 e. The van der Waals surface area contributed by atoms with Crippen molar-refractivity contribution in [3.8, 4) is 5.75 Å². The van der Waals surface area contributed by atoms with Gasteiger partial charge in [0, 0.05) is 30.7 Å². The van der Waals surface area contributed by atoms with Gasteiger partial charge in [0.1, 0.15) is 17.3 Å². The first-order valence-electron chi connectivity index (χ1n) is 11.2. The molecule has 1 aliphatic rings. The third kappa shape index (κ3) is 4.94. The SMILES string of the molecule is COc1cc(C)c(C)cc1CC(=O)CCC1=CC=C(c2ccccc2)C1Cc1ccco1. The molecule has 32 heavy (non-hydrogen) atoms. The molecule has 3 heteroatoms. The summed E-state index contributed by atoms with van der Waals surface area (Å²) >= 11 is 0. The van der Waals surface area contributed by atoms with Gasteiger partial charge in [-0.25, -0.2) is 0 Å². The van der Waals surface area contributed by atoms with Gasteiger partial charge in [-0.15, -0.1) is 0 Å². The molecule has 164 valence electrons. The highest BCUT2D eigenvalue weighted by atomic mass is 16.5. The summed E-state index contributed by atoms with van der Waals surface area (Å²) in [6, 6.07) is 18.5. The smallest absolute Gasteiger partial charge is 0.137 e. The minimum atomic E-state index is 0.229. The van der Waals surface area contributed by atoms with Crippen molar-refractivity contribution in [1.29, 1.82) is 0 Å². The number of rotatable bonds is 9. The Morgan fingerprint density at radius 2 is 1.78 bits per heavy atom. The van der Waals surface area contributed by atoms with Gasteiger partial charge in [-0.2, -0.15) is 0 Å². The molecule has 0 amide bonds. The van der Waals surface area contributed by atoms with Crippen LogP contribution >= 0.6 is 0 Å². The zero-order valence-electron chi connectivity index (χ0n) is 19.1. The van der Waals surface area contributed by atoms with Gasteiger partial charge in [0.15, 0.2) is 0 Å². The van der Waals surface area contributed by atoms with Crippen molar-refractivity contribution in [3.63, 3.8) is 0 Å². The van der Waals surface area contributed by atoms with Gasteiger partial charge in [-0.3, -0.25) is 4.79 Å². The molecule has 3 nitrogen and oxygen atoms in total. The Morgan fingerprint density at radius 1 is 1.00 bits per heavy atom. The number of carbonyl (C=O) groups is 1. The first-order chi connectivity index (χ1) is 15.5. The number of hydrogen-bond donors (Lipinski definition) is 0. The molecular weight excluding hydrogens is 396 g/mol. The van der Waals surface area contributed by atoms with E-state index in [1.165, 1.54) is 27.8 Å². The number of allylic oxidation sites excluding steroid dienone is 4. The van der Waals surface area contributed by atoms with Crippen LogP contribution in [0.2, 0.25) is 0 Å². The van der Waals surface area contributed by atoms with Crippen molar-refractivity contribution >= 4 is 11.4 Å². The minimum absolute atomic E-state index is 0.229. The zero-order chi connectivity index (χ0) is 22.5. The molecule has 0 spiro atoms. The van der Waals surface area contributed by atoms with Crippen molar-refractivity contribution < 1.29 is 13.9 Å². The van der Waals surface area contributed by atoms with E-state index in [2.05, 4.69) is 56.3 Å². The number of ketones is 1. The van der Waals surface area contributed by atoms with E-state index in [1.54, 1.807) is 13.4 Å². The van der Waals surface area contributed by atoms with Gasteiger partial charge < -0.3 is 9.15 Å². The van der Waals surface area contributed by atoms with Crippen molar-refractivity contribution in [3.05, 3.63) is 107 Å². The van der Waals surface area contributed by atoms with Gasteiger partial charge in [0.05, 0.1) is 13.4 Å². The maximum atomic E-state index is 12.9. The summed E-state index contributed by atoms with van der Waals surface area (Å²) in [5, 5.41) is 0. The molecule has 1 aromatic heterocycles. The van der Waals surface area contributed by atoms with Crippen molar-refractivity contribution in [2.24, 2.45) is 5.92 Å². The number of furan rings is 1. The van der Waals surface area contributed by atoms with Crippen LogP contribution in [-0.4, -0.2) is 12.9 Å². The second-order valence-electron chi connectivity index (χ2n) is 8.53. The summed E-state index contributed by atoms with van der Waals surface area (Å²) in [6.45, 7) is 4.13. The summed E-state index contributed by atoms with van der Waals surface area (Å²) in [7, 11) is 1.66. The maximum Gasteiger partial charge on any atom is 0.137 e. The molecule has 2 aromatic carbocycles. The van der Waals surface area contributed by atoms with E-state index in [-0.39, 0.29) is 11.7 Å². The maximum absolute atomic E-state index is 12.9. The Bertz CT molecular complexity index is 1130. The molecule has 4 rings (SSSR count). The largest absolute Gasteiger partial charge is 0.496 e. The molecule has 0 saturated heterocycles. The van der Waals surface area contributed by atoms with E-state index in [9.17, 15) is 4.79 Å². The highest BCUT2D eigenvalue weighted by molar-refractivity contribution is 5.82. The molecule has 1 unspecified atom stereocenters. The number of Topliss-reactive ketones (excluding diaryl/α,β-unsaturated/α-hetero) is 1. The van der Waals surface area contributed by atoms with Gasteiger partial charge in [0.2, 0.25) is 0 Å². The fraction of sp³-hybridized carbons (Fsp3) is 0.276. The highest BCUT2D eigenvalue weighted by Crippen LogP contribution is 2.39. The van der Waals surface area contributed by atoms with E-state index in [1.807, 2.05) is 24.3 Å². The normalized spacial score (nSPS) is 15.4. The number of carbonyl (C=O) groups excluding carboxylic acids is 1. The lowest BCUT2D eigenvalue weighted by atomic mass is 9.85. The summed E-state index contributed by atoms with van der Waals surface area (Å²) in [5.41, 5.74) is 7.13. The van der Waals surface area contributed by atoms with Crippen LogP contribution in [0.5, 0.6) is 5.75 Å². The Labute approximate surface area is 190 Å². The standard InChI is InChI=1S/C29H30O3/c1-20-16-24(29(31-3)17-21(20)2)18-25(30)13-11-23-12-14-27(22-8-5-4-6-9-22)28(23)19-26-10-7-15-32-26/h4-10,12,14-17,28H,11,13,18-19H2,1-3H3. The van der Waals surface area contributed by atoms with E-state index in [0.29, 0.717) is 12.8 Å². The van der Waals surface area contributed by atoms with E-state index >= 15 is 0 Å². The summed E-state index contributed by atoms with van der Waals surface area (Å²) < 4.78 is 11.2. The average molecular weight is 427 g/mol. The van der Waals surface area contributed by atoms with Gasteiger partial charge in [0.25, 0.3) is 0 Å². The number of hydrogen-bond acceptors (Lipinski definition) is 3. The third-order valence-electron chi connectivity index (χ3n) is 6.37. The molecule has 0 aliphatic heterocycles. The number of aryl methyl sites for hydroxylation is 2. The molecule has 1 aliphatic carbocycles. The van der Waals surface area contributed by atoms with Gasteiger partial charge in [-0.1, -0.05) is 54.1 Å². The van der Waals surface area contributed by atoms with Crippen LogP contribution in [0.4, 0.5) is 0 Å². The lowest BCUT2D eigenvalue weighted by Gasteiger charge is -2.19. The van der Waals surface area contributed by atoms with Crippen molar-refractivity contribution in [1.82, 2.24) is 0 Å². The Hall–Kier alpha value is -3.33. The number of ether oxygens (including phenoxy) is 1. The Kier molecular flexibility index (Phi) is 6.75. The molecule has 0 N–H and O–H groups in total. The van der Waals surface area contributed by atoms with E-state index in [4.69, 9.17) is 9.15 Å². The lowest BCUT2D eigenvalue weighted by molar-refractivity contribution is -0.118. The fourth-order valence-corrected chi connectivity index (χ4v) is 4.45. The van der Waals surface area contributed by atoms with Gasteiger partial charge in [-0.05, 0) is 60.7 Å². The van der Waals surface area contributed by atoms with Crippen LogP contribution in [0.1, 0.15) is 40.9 Å². The number of methoxy groups -OCH3 is 1. The Balaban J connectivity index is 1.45. The highest BCUT2D eigenvalue weighted by Gasteiger charge is 2.26. The summed E-state index contributed by atoms with van der Waals surface area (Å²) in [6.07, 6.45) is 8.60. The predicted octanol–water partition coefficient (Wildman–Crippen LogP) is 6.68. The van der Waals surface area contributed by atoms with Crippen LogP contribution in [0.25, 0.3) is 5.57 Å². The molecule has 1 atom stereocenters. The molecule has 3 aromatic rings. The molecule has 0 saturated carbocycles. The molecule has 1 heterocycles. The quantitative estimate of drug-likeness (QED) is 0.383. The van der Waals surface area contributed by atoms with Crippen LogP contribution < -0.4 is 4.74 Å². The molecular formula is C29H30O3. The second kappa shape index (κ2) is 9.86. The third-order valence-corrected chi connectivity index (χ3v) is 6.37.